The van der Waals surface area contributed by atoms with Gasteiger partial charge in [0.2, 0.25) is 5.91 Å². The molecule has 0 radical (unpaired) electrons. The monoisotopic (exact) mass is 463 g/mol. The summed E-state index contributed by atoms with van der Waals surface area (Å²) in [7, 11) is 0. The summed E-state index contributed by atoms with van der Waals surface area (Å²) < 4.78 is 6.48. The molecule has 162 valence electrons. The van der Waals surface area contributed by atoms with Gasteiger partial charge < -0.3 is 15.4 Å². The molecule has 4 rings (SSSR count). The smallest absolute Gasteiger partial charge is 0.262 e. The van der Waals surface area contributed by atoms with Crippen LogP contribution in [0, 0.1) is 0 Å². The Morgan fingerprint density at radius 2 is 1.69 bits per heavy atom. The molecular weight excluding hydrogens is 442 g/mol. The van der Waals surface area contributed by atoms with E-state index < -0.39 is 0 Å². The van der Waals surface area contributed by atoms with Crippen molar-refractivity contribution in [2.75, 3.05) is 17.2 Å². The Balaban J connectivity index is 1.26. The number of fused-ring (bicyclic) bond motifs is 1. The number of thioether (sulfide) groups is 1. The molecule has 32 heavy (non-hydrogen) atoms. The molecule has 2 amide bonds. The number of amides is 2. The fraction of sp³-hybridized carbons (Fsp3) is 0.125. The van der Waals surface area contributed by atoms with Crippen LogP contribution >= 0.6 is 23.1 Å². The Hall–Kier alpha value is -3.36. The van der Waals surface area contributed by atoms with E-state index >= 15 is 0 Å². The quantitative estimate of drug-likeness (QED) is 0.341. The molecule has 2 N–H and O–H groups in total. The minimum atomic E-state index is -0.304. The summed E-state index contributed by atoms with van der Waals surface area (Å²) in [4.78, 5) is 30.0. The third kappa shape index (κ3) is 5.87. The second kappa shape index (κ2) is 10.3. The van der Waals surface area contributed by atoms with Gasteiger partial charge in [0.25, 0.3) is 5.91 Å². The molecule has 0 fully saturated rings. The first-order chi connectivity index (χ1) is 15.6. The Labute approximate surface area is 194 Å². The summed E-state index contributed by atoms with van der Waals surface area (Å²) in [5, 5.41) is 5.99. The molecule has 4 aromatic rings. The lowest BCUT2D eigenvalue weighted by Crippen LogP contribution is -2.22. The van der Waals surface area contributed by atoms with E-state index in [2.05, 4.69) is 15.6 Å². The van der Waals surface area contributed by atoms with Crippen LogP contribution < -0.4 is 15.4 Å². The van der Waals surface area contributed by atoms with Crippen molar-refractivity contribution in [1.29, 1.82) is 0 Å². The highest BCUT2D eigenvalue weighted by atomic mass is 32.2. The van der Waals surface area contributed by atoms with Crippen LogP contribution in [0.4, 0.5) is 10.8 Å². The van der Waals surface area contributed by atoms with Crippen LogP contribution in [0.25, 0.3) is 10.2 Å². The van der Waals surface area contributed by atoms with Crippen molar-refractivity contribution in [2.24, 2.45) is 0 Å². The Morgan fingerprint density at radius 1 is 0.969 bits per heavy atom. The van der Waals surface area contributed by atoms with Crippen LogP contribution in [0.2, 0.25) is 0 Å². The highest BCUT2D eigenvalue weighted by Gasteiger charge is 2.16. The van der Waals surface area contributed by atoms with E-state index in [1.807, 2.05) is 61.5 Å². The zero-order valence-corrected chi connectivity index (χ0v) is 18.9. The van der Waals surface area contributed by atoms with Gasteiger partial charge in [0.05, 0.1) is 15.5 Å². The van der Waals surface area contributed by atoms with Crippen molar-refractivity contribution in [2.45, 2.75) is 17.1 Å². The molecule has 3 aromatic carbocycles. The number of hydrogen-bond donors (Lipinski definition) is 2. The highest BCUT2D eigenvalue weighted by Crippen LogP contribution is 2.28. The van der Waals surface area contributed by atoms with Crippen molar-refractivity contribution >= 4 is 55.9 Å². The minimum absolute atomic E-state index is 0.0660. The van der Waals surface area contributed by atoms with Gasteiger partial charge in [0.1, 0.15) is 5.75 Å². The van der Waals surface area contributed by atoms with Crippen LogP contribution in [-0.4, -0.2) is 28.7 Å². The number of benzene rings is 3. The number of aromatic nitrogens is 1. The normalized spacial score (nSPS) is 11.7. The van der Waals surface area contributed by atoms with E-state index in [1.165, 1.54) is 23.1 Å². The van der Waals surface area contributed by atoms with Gasteiger partial charge in [0.15, 0.2) is 11.7 Å². The first kappa shape index (κ1) is 21.9. The van der Waals surface area contributed by atoms with Crippen molar-refractivity contribution in [1.82, 2.24) is 4.98 Å². The first-order valence-electron chi connectivity index (χ1n) is 9.98. The van der Waals surface area contributed by atoms with E-state index in [0.717, 1.165) is 15.1 Å². The topological polar surface area (TPSA) is 80.3 Å². The molecule has 6 nitrogen and oxygen atoms in total. The molecule has 0 spiro atoms. The molecule has 1 unspecified atom stereocenters. The van der Waals surface area contributed by atoms with E-state index in [-0.39, 0.29) is 23.7 Å². The molecule has 1 aromatic heterocycles. The van der Waals surface area contributed by atoms with Gasteiger partial charge in [-0.05, 0) is 55.5 Å². The average Bonchev–Trinajstić information content (AvgIpc) is 3.22. The maximum Gasteiger partial charge on any atom is 0.262 e. The number of thiazole rings is 1. The standard InChI is InChI=1S/C24H21N3O3S2/c1-16(23(29)27-24-26-20-9-5-6-10-21(20)32-24)31-19-13-11-17(12-14-19)25-22(28)15-30-18-7-3-2-4-8-18/h2-14,16H,15H2,1H3,(H,25,28)(H,26,27,29). The first-order valence-corrected chi connectivity index (χ1v) is 11.7. The van der Waals surface area contributed by atoms with Gasteiger partial charge in [-0.1, -0.05) is 41.7 Å². The van der Waals surface area contributed by atoms with Crippen molar-refractivity contribution in [3.8, 4) is 5.75 Å². The van der Waals surface area contributed by atoms with Gasteiger partial charge >= 0.3 is 0 Å². The van der Waals surface area contributed by atoms with Gasteiger partial charge in [-0.3, -0.25) is 9.59 Å². The third-order valence-electron chi connectivity index (χ3n) is 4.46. The second-order valence-electron chi connectivity index (χ2n) is 6.91. The molecule has 0 saturated carbocycles. The van der Waals surface area contributed by atoms with E-state index in [1.54, 1.807) is 24.3 Å². The molecule has 0 bridgehead atoms. The number of nitrogens with one attached hydrogen (secondary N) is 2. The third-order valence-corrected chi connectivity index (χ3v) is 6.52. The Morgan fingerprint density at radius 3 is 2.44 bits per heavy atom. The number of ether oxygens (including phenoxy) is 1. The number of nitrogens with zero attached hydrogens (tertiary/aromatic N) is 1. The largest absolute Gasteiger partial charge is 0.484 e. The van der Waals surface area contributed by atoms with Crippen molar-refractivity contribution in [3.05, 3.63) is 78.9 Å². The van der Waals surface area contributed by atoms with Crippen molar-refractivity contribution < 1.29 is 14.3 Å². The van der Waals surface area contributed by atoms with Gasteiger partial charge in [0, 0.05) is 10.6 Å². The lowest BCUT2D eigenvalue weighted by atomic mass is 10.3. The number of carbonyl (C=O) groups excluding carboxylic acids is 2. The lowest BCUT2D eigenvalue weighted by molar-refractivity contribution is -0.118. The number of anilines is 2. The van der Waals surface area contributed by atoms with Crippen LogP contribution in [0.5, 0.6) is 5.75 Å². The second-order valence-corrected chi connectivity index (χ2v) is 9.36. The zero-order chi connectivity index (χ0) is 22.3. The molecule has 0 aliphatic heterocycles. The number of hydrogen-bond acceptors (Lipinski definition) is 6. The number of para-hydroxylation sites is 2. The fourth-order valence-electron chi connectivity index (χ4n) is 2.87. The van der Waals surface area contributed by atoms with Gasteiger partial charge in [-0.15, -0.1) is 11.8 Å². The van der Waals surface area contributed by atoms with Crippen LogP contribution in [-0.2, 0) is 9.59 Å². The molecule has 0 saturated heterocycles. The molecule has 0 aliphatic carbocycles. The van der Waals surface area contributed by atoms with Crippen LogP contribution in [0.3, 0.4) is 0 Å². The molecule has 1 atom stereocenters. The highest BCUT2D eigenvalue weighted by molar-refractivity contribution is 8.00. The summed E-state index contributed by atoms with van der Waals surface area (Å²) >= 11 is 2.90. The minimum Gasteiger partial charge on any atom is -0.484 e. The lowest BCUT2D eigenvalue weighted by Gasteiger charge is -2.11. The predicted octanol–water partition coefficient (Wildman–Crippen LogP) is 5.43. The summed E-state index contributed by atoms with van der Waals surface area (Å²) in [6, 6.07) is 24.3. The average molecular weight is 464 g/mol. The summed E-state index contributed by atoms with van der Waals surface area (Å²) in [6.45, 7) is 1.79. The van der Waals surface area contributed by atoms with Crippen LogP contribution in [0.15, 0.2) is 83.8 Å². The SMILES string of the molecule is CC(Sc1ccc(NC(=O)COc2ccccc2)cc1)C(=O)Nc1nc2ccccc2s1. The predicted molar refractivity (Wildman–Crippen MR) is 131 cm³/mol. The van der Waals surface area contributed by atoms with Gasteiger partial charge in [-0.2, -0.15) is 0 Å². The molecule has 1 heterocycles. The molecule has 8 heteroatoms. The number of carbonyl (C=O) groups is 2. The van der Waals surface area contributed by atoms with E-state index in [0.29, 0.717) is 16.6 Å². The maximum absolute atomic E-state index is 12.6. The Kier molecular flexibility index (Phi) is 7.03. The number of rotatable bonds is 8. The fourth-order valence-corrected chi connectivity index (χ4v) is 4.61. The maximum atomic E-state index is 12.6. The van der Waals surface area contributed by atoms with Crippen molar-refractivity contribution in [3.63, 3.8) is 0 Å². The van der Waals surface area contributed by atoms with E-state index in [4.69, 9.17) is 4.74 Å². The summed E-state index contributed by atoms with van der Waals surface area (Å²) in [5.74, 6) is 0.301. The van der Waals surface area contributed by atoms with Crippen LogP contribution in [0.1, 0.15) is 6.92 Å². The van der Waals surface area contributed by atoms with Gasteiger partial charge in [-0.25, -0.2) is 4.98 Å². The Bertz CT molecular complexity index is 1180. The van der Waals surface area contributed by atoms with E-state index in [9.17, 15) is 9.59 Å². The molecule has 0 aliphatic rings. The summed E-state index contributed by atoms with van der Waals surface area (Å²) in [5.41, 5.74) is 1.54. The molecular formula is C24H21N3O3S2. The summed E-state index contributed by atoms with van der Waals surface area (Å²) in [6.07, 6.45) is 0. The zero-order valence-electron chi connectivity index (χ0n) is 17.3.